The minimum atomic E-state index is 0.201. The van der Waals surface area contributed by atoms with Crippen LogP contribution < -0.4 is 0 Å². The minimum absolute atomic E-state index is 0.201. The monoisotopic (exact) mass is 251 g/mol. The molecule has 0 amide bonds. The molecule has 0 saturated carbocycles. The first-order valence-electron chi connectivity index (χ1n) is 5.87. The third kappa shape index (κ3) is 2.78. The first-order chi connectivity index (χ1) is 8.01. The van der Waals surface area contributed by atoms with Crippen LogP contribution in [0.2, 0.25) is 0 Å². The number of halogens is 1. The van der Waals surface area contributed by atoms with Crippen molar-refractivity contribution >= 4 is 22.8 Å². The highest BCUT2D eigenvalue weighted by atomic mass is 35.5. The summed E-state index contributed by atoms with van der Waals surface area (Å²) in [5, 5.41) is 0. The summed E-state index contributed by atoms with van der Waals surface area (Å²) in [5.41, 5.74) is 2.12. The lowest BCUT2D eigenvalue weighted by Crippen LogP contribution is -2.18. The Morgan fingerprint density at radius 1 is 1.35 bits per heavy atom. The summed E-state index contributed by atoms with van der Waals surface area (Å²) in [6, 6.07) is 3.92. The van der Waals surface area contributed by atoms with Crippen molar-refractivity contribution in [3.63, 3.8) is 0 Å². The van der Waals surface area contributed by atoms with Crippen LogP contribution in [-0.4, -0.2) is 20.4 Å². The fourth-order valence-electron chi connectivity index (χ4n) is 1.92. The zero-order valence-corrected chi connectivity index (χ0v) is 11.3. The molecule has 0 fully saturated rings. The van der Waals surface area contributed by atoms with Crippen molar-refractivity contribution in [1.82, 2.24) is 14.5 Å². The first kappa shape index (κ1) is 12.4. The van der Waals surface area contributed by atoms with Crippen molar-refractivity contribution in [3.8, 4) is 0 Å². The molecular formula is C13H18ClN3. The van der Waals surface area contributed by atoms with E-state index in [1.54, 1.807) is 0 Å². The average molecular weight is 252 g/mol. The number of fused-ring (bicyclic) bond motifs is 1. The Morgan fingerprint density at radius 2 is 2.12 bits per heavy atom. The zero-order chi connectivity index (χ0) is 12.5. The van der Waals surface area contributed by atoms with Crippen molar-refractivity contribution in [2.75, 3.05) is 5.88 Å². The quantitative estimate of drug-likeness (QED) is 0.784. The molecule has 0 aliphatic rings. The lowest BCUT2D eigenvalue weighted by molar-refractivity contribution is 0.342. The molecule has 0 N–H and O–H groups in total. The van der Waals surface area contributed by atoms with Crippen LogP contribution in [0.5, 0.6) is 0 Å². The maximum atomic E-state index is 5.83. The molecule has 0 atom stereocenters. The number of pyridine rings is 1. The SMILES string of the molecule is CC(C)(C)Cn1c(CCCl)nc2cccnc21. The lowest BCUT2D eigenvalue weighted by atomic mass is 9.97. The van der Waals surface area contributed by atoms with Gasteiger partial charge in [0.25, 0.3) is 0 Å². The minimum Gasteiger partial charge on any atom is -0.312 e. The predicted octanol–water partition coefficient (Wildman–Crippen LogP) is 3.26. The molecule has 4 heteroatoms. The summed E-state index contributed by atoms with van der Waals surface area (Å²) in [6.45, 7) is 7.55. The summed E-state index contributed by atoms with van der Waals surface area (Å²) < 4.78 is 2.19. The number of imidazole rings is 1. The maximum Gasteiger partial charge on any atom is 0.160 e. The van der Waals surface area contributed by atoms with Gasteiger partial charge >= 0.3 is 0 Å². The maximum absolute atomic E-state index is 5.83. The molecule has 3 nitrogen and oxygen atoms in total. The normalized spacial score (nSPS) is 12.2. The second-order valence-corrected chi connectivity index (χ2v) is 5.84. The molecule has 0 bridgehead atoms. The number of hydrogen-bond acceptors (Lipinski definition) is 2. The summed E-state index contributed by atoms with van der Waals surface area (Å²) >= 11 is 5.83. The third-order valence-electron chi connectivity index (χ3n) is 2.53. The number of hydrogen-bond donors (Lipinski definition) is 0. The van der Waals surface area contributed by atoms with E-state index in [0.29, 0.717) is 5.88 Å². The van der Waals surface area contributed by atoms with Crippen LogP contribution in [0.4, 0.5) is 0 Å². The molecule has 17 heavy (non-hydrogen) atoms. The average Bonchev–Trinajstić information content (AvgIpc) is 2.56. The van der Waals surface area contributed by atoms with Crippen LogP contribution in [0.3, 0.4) is 0 Å². The molecular weight excluding hydrogens is 234 g/mol. The van der Waals surface area contributed by atoms with Crippen molar-refractivity contribution < 1.29 is 0 Å². The Morgan fingerprint density at radius 3 is 2.76 bits per heavy atom. The molecule has 2 aromatic rings. The molecule has 0 aromatic carbocycles. The van der Waals surface area contributed by atoms with Crippen LogP contribution in [0.15, 0.2) is 18.3 Å². The van der Waals surface area contributed by atoms with E-state index in [0.717, 1.165) is 30.0 Å². The fraction of sp³-hybridized carbons (Fsp3) is 0.538. The summed E-state index contributed by atoms with van der Waals surface area (Å²) in [7, 11) is 0. The number of rotatable bonds is 3. The predicted molar refractivity (Wildman–Crippen MR) is 71.4 cm³/mol. The van der Waals surface area contributed by atoms with E-state index in [2.05, 4.69) is 35.3 Å². The zero-order valence-electron chi connectivity index (χ0n) is 10.6. The Hall–Kier alpha value is -1.09. The van der Waals surface area contributed by atoms with Gasteiger partial charge in [-0.3, -0.25) is 0 Å². The van der Waals surface area contributed by atoms with Gasteiger partial charge in [0, 0.05) is 25.0 Å². The summed E-state index contributed by atoms with van der Waals surface area (Å²) in [4.78, 5) is 9.03. The van der Waals surface area contributed by atoms with Crippen molar-refractivity contribution in [3.05, 3.63) is 24.2 Å². The Bertz CT molecular complexity index is 511. The van der Waals surface area contributed by atoms with Gasteiger partial charge in [0.05, 0.1) is 0 Å². The standard InChI is InChI=1S/C13H18ClN3/c1-13(2,3)9-17-11(6-7-14)16-10-5-4-8-15-12(10)17/h4-5,8H,6-7,9H2,1-3H3. The van der Waals surface area contributed by atoms with Crippen LogP contribution in [0.25, 0.3) is 11.2 Å². The summed E-state index contributed by atoms with van der Waals surface area (Å²) in [6.07, 6.45) is 2.60. The van der Waals surface area contributed by atoms with E-state index in [-0.39, 0.29) is 5.41 Å². The fourth-order valence-corrected chi connectivity index (χ4v) is 2.09. The van der Waals surface area contributed by atoms with E-state index in [1.807, 2.05) is 18.3 Å². The summed E-state index contributed by atoms with van der Waals surface area (Å²) in [5.74, 6) is 1.62. The van der Waals surface area contributed by atoms with Gasteiger partial charge in [0.15, 0.2) is 5.65 Å². The molecule has 0 aliphatic heterocycles. The van der Waals surface area contributed by atoms with Crippen molar-refractivity contribution in [2.24, 2.45) is 5.41 Å². The topological polar surface area (TPSA) is 30.7 Å². The Balaban J connectivity index is 2.51. The number of nitrogens with zero attached hydrogens (tertiary/aromatic N) is 3. The first-order valence-corrected chi connectivity index (χ1v) is 6.41. The van der Waals surface area contributed by atoms with Crippen molar-refractivity contribution in [1.29, 1.82) is 0 Å². The molecule has 2 aromatic heterocycles. The van der Waals surface area contributed by atoms with E-state index < -0.39 is 0 Å². The molecule has 0 saturated heterocycles. The molecule has 0 unspecified atom stereocenters. The van der Waals surface area contributed by atoms with Gasteiger partial charge in [-0.05, 0) is 17.5 Å². The molecule has 0 aliphatic carbocycles. The highest BCUT2D eigenvalue weighted by Gasteiger charge is 2.17. The van der Waals surface area contributed by atoms with Gasteiger partial charge in [-0.15, -0.1) is 11.6 Å². The van der Waals surface area contributed by atoms with Gasteiger partial charge in [-0.1, -0.05) is 20.8 Å². The molecule has 2 heterocycles. The Kier molecular flexibility index (Phi) is 3.38. The highest BCUT2D eigenvalue weighted by Crippen LogP contribution is 2.22. The second kappa shape index (κ2) is 4.65. The lowest BCUT2D eigenvalue weighted by Gasteiger charge is -2.20. The van der Waals surface area contributed by atoms with Gasteiger partial charge in [-0.25, -0.2) is 9.97 Å². The van der Waals surface area contributed by atoms with Crippen LogP contribution >= 0.6 is 11.6 Å². The van der Waals surface area contributed by atoms with Crippen LogP contribution in [-0.2, 0) is 13.0 Å². The van der Waals surface area contributed by atoms with Gasteiger partial charge < -0.3 is 4.57 Å². The number of aryl methyl sites for hydroxylation is 1. The Labute approximate surface area is 107 Å². The number of alkyl halides is 1. The van der Waals surface area contributed by atoms with E-state index >= 15 is 0 Å². The largest absolute Gasteiger partial charge is 0.312 e. The third-order valence-corrected chi connectivity index (χ3v) is 2.72. The van der Waals surface area contributed by atoms with E-state index in [1.165, 1.54) is 0 Å². The molecule has 0 spiro atoms. The van der Waals surface area contributed by atoms with Gasteiger partial charge in [0.1, 0.15) is 11.3 Å². The van der Waals surface area contributed by atoms with Gasteiger partial charge in [-0.2, -0.15) is 0 Å². The number of aromatic nitrogens is 3. The molecule has 2 rings (SSSR count). The van der Waals surface area contributed by atoms with Gasteiger partial charge in [0.2, 0.25) is 0 Å². The highest BCUT2D eigenvalue weighted by molar-refractivity contribution is 6.17. The van der Waals surface area contributed by atoms with E-state index in [4.69, 9.17) is 11.6 Å². The molecule has 0 radical (unpaired) electrons. The molecule has 92 valence electrons. The second-order valence-electron chi connectivity index (χ2n) is 5.46. The van der Waals surface area contributed by atoms with Crippen LogP contribution in [0.1, 0.15) is 26.6 Å². The smallest absolute Gasteiger partial charge is 0.160 e. The van der Waals surface area contributed by atoms with Crippen LogP contribution in [0, 0.1) is 5.41 Å². The van der Waals surface area contributed by atoms with Crippen molar-refractivity contribution in [2.45, 2.75) is 33.7 Å². The van der Waals surface area contributed by atoms with E-state index in [9.17, 15) is 0 Å².